The second-order valence-electron chi connectivity index (χ2n) is 4.57. The van der Waals surface area contributed by atoms with E-state index in [4.69, 9.17) is 4.84 Å². The molecule has 0 bridgehead atoms. The molecule has 0 atom stereocenters. The van der Waals surface area contributed by atoms with E-state index in [1.807, 2.05) is 24.3 Å². The second-order valence-corrected chi connectivity index (χ2v) is 6.28. The van der Waals surface area contributed by atoms with Gasteiger partial charge in [0.2, 0.25) is 0 Å². The molecule has 1 heterocycles. The van der Waals surface area contributed by atoms with Crippen LogP contribution in [-0.4, -0.2) is 17.1 Å². The first-order valence-corrected chi connectivity index (χ1v) is 8.03. The zero-order valence-electron chi connectivity index (χ0n) is 11.6. The molecule has 0 N–H and O–H groups in total. The fourth-order valence-electron chi connectivity index (χ4n) is 2.18. The fourth-order valence-corrected chi connectivity index (χ4v) is 3.59. The van der Waals surface area contributed by atoms with Gasteiger partial charge in [-0.2, -0.15) is 0 Å². The summed E-state index contributed by atoms with van der Waals surface area (Å²) in [5.41, 5.74) is 3.26. The van der Waals surface area contributed by atoms with Crippen LogP contribution in [0.2, 0.25) is 0 Å². The number of rotatable bonds is 3. The molecule has 22 heavy (non-hydrogen) atoms. The summed E-state index contributed by atoms with van der Waals surface area (Å²) in [6, 6.07) is 14.0. The van der Waals surface area contributed by atoms with E-state index in [0.717, 1.165) is 31.5 Å². The zero-order chi connectivity index (χ0) is 15.7. The van der Waals surface area contributed by atoms with Crippen LogP contribution in [0.5, 0.6) is 0 Å². The molecular weight excluding hydrogens is 415 g/mol. The van der Waals surface area contributed by atoms with Gasteiger partial charge in [-0.3, -0.25) is 0 Å². The third-order valence-electron chi connectivity index (χ3n) is 3.21. The van der Waals surface area contributed by atoms with Gasteiger partial charge in [0.15, 0.2) is 0 Å². The largest absolute Gasteiger partial charge is 0.399 e. The van der Waals surface area contributed by atoms with Gasteiger partial charge in [-0.1, -0.05) is 42.8 Å². The number of hydrogen-bond acceptors (Lipinski definition) is 2. The predicted molar refractivity (Wildman–Crippen MR) is 91.0 cm³/mol. The van der Waals surface area contributed by atoms with Crippen molar-refractivity contribution in [3.63, 3.8) is 0 Å². The van der Waals surface area contributed by atoms with Crippen molar-refractivity contribution in [2.24, 2.45) is 0 Å². The summed E-state index contributed by atoms with van der Waals surface area (Å²) in [6.07, 6.45) is 0. The highest BCUT2D eigenvalue weighted by atomic mass is 79.9. The third kappa shape index (κ3) is 2.80. The standard InChI is InChI=1S/C16H11Br2FN2O/c1-22-21-15(10-5-7-11(19)8-6-10)9-14(20-21)16-12(17)3-2-4-13(16)18/h2-9H,1H3. The average molecular weight is 426 g/mol. The van der Waals surface area contributed by atoms with Crippen molar-refractivity contribution in [3.8, 4) is 22.5 Å². The summed E-state index contributed by atoms with van der Waals surface area (Å²) < 4.78 is 14.9. The lowest BCUT2D eigenvalue weighted by molar-refractivity contribution is 0.139. The van der Waals surface area contributed by atoms with Crippen LogP contribution < -0.4 is 4.84 Å². The minimum atomic E-state index is -0.277. The molecule has 0 aliphatic heterocycles. The molecule has 0 saturated carbocycles. The maximum atomic E-state index is 13.1. The predicted octanol–water partition coefficient (Wildman–Crippen LogP) is 4.94. The van der Waals surface area contributed by atoms with Crippen LogP contribution in [0.1, 0.15) is 0 Å². The van der Waals surface area contributed by atoms with Gasteiger partial charge >= 0.3 is 0 Å². The quantitative estimate of drug-likeness (QED) is 0.594. The Morgan fingerprint density at radius 2 is 1.68 bits per heavy atom. The minimum Gasteiger partial charge on any atom is -0.399 e. The van der Waals surface area contributed by atoms with Gasteiger partial charge in [0, 0.05) is 20.1 Å². The average Bonchev–Trinajstić information content (AvgIpc) is 2.92. The smallest absolute Gasteiger partial charge is 0.123 e. The van der Waals surface area contributed by atoms with Crippen LogP contribution in [0.3, 0.4) is 0 Å². The number of halogens is 3. The summed E-state index contributed by atoms with van der Waals surface area (Å²) in [7, 11) is 1.54. The van der Waals surface area contributed by atoms with E-state index in [2.05, 4.69) is 37.0 Å². The molecule has 0 amide bonds. The Morgan fingerprint density at radius 1 is 1.05 bits per heavy atom. The van der Waals surface area contributed by atoms with Crippen molar-refractivity contribution >= 4 is 31.9 Å². The first-order valence-electron chi connectivity index (χ1n) is 6.45. The van der Waals surface area contributed by atoms with Crippen molar-refractivity contribution in [2.75, 3.05) is 7.11 Å². The van der Waals surface area contributed by atoms with Crippen LogP contribution >= 0.6 is 31.9 Å². The first-order chi connectivity index (χ1) is 10.6. The molecule has 3 aromatic rings. The van der Waals surface area contributed by atoms with E-state index < -0.39 is 0 Å². The van der Waals surface area contributed by atoms with Gasteiger partial charge in [-0.15, -0.1) is 5.10 Å². The molecule has 1 aromatic heterocycles. The van der Waals surface area contributed by atoms with Gasteiger partial charge in [-0.25, -0.2) is 4.39 Å². The fraction of sp³-hybridized carbons (Fsp3) is 0.0625. The van der Waals surface area contributed by atoms with Gasteiger partial charge in [-0.05, 0) is 42.5 Å². The summed E-state index contributed by atoms with van der Waals surface area (Å²) in [6.45, 7) is 0. The molecule has 0 aliphatic carbocycles. The summed E-state index contributed by atoms with van der Waals surface area (Å²) in [4.78, 5) is 6.72. The molecule has 3 rings (SSSR count). The molecular formula is C16H11Br2FN2O. The van der Waals surface area contributed by atoms with Crippen molar-refractivity contribution in [3.05, 3.63) is 63.3 Å². The highest BCUT2D eigenvalue weighted by Crippen LogP contribution is 2.36. The Kier molecular flexibility index (Phi) is 4.31. The Labute approximate surface area is 143 Å². The number of nitrogens with zero attached hydrogens (tertiary/aromatic N) is 2. The lowest BCUT2D eigenvalue weighted by atomic mass is 10.1. The van der Waals surface area contributed by atoms with Crippen LogP contribution in [-0.2, 0) is 0 Å². The molecule has 0 fully saturated rings. The molecule has 0 aliphatic rings. The SMILES string of the molecule is COn1nc(-c2c(Br)cccc2Br)cc1-c1ccc(F)cc1. The highest BCUT2D eigenvalue weighted by Gasteiger charge is 2.16. The summed E-state index contributed by atoms with van der Waals surface area (Å²) >= 11 is 7.07. The van der Waals surface area contributed by atoms with Crippen molar-refractivity contribution in [1.82, 2.24) is 9.94 Å². The molecule has 0 saturated heterocycles. The van der Waals surface area contributed by atoms with E-state index in [0.29, 0.717) is 0 Å². The molecule has 3 nitrogen and oxygen atoms in total. The van der Waals surface area contributed by atoms with Crippen molar-refractivity contribution in [1.29, 1.82) is 0 Å². The van der Waals surface area contributed by atoms with E-state index in [1.54, 1.807) is 19.2 Å². The van der Waals surface area contributed by atoms with Gasteiger partial charge in [0.1, 0.15) is 18.6 Å². The van der Waals surface area contributed by atoms with Crippen molar-refractivity contribution in [2.45, 2.75) is 0 Å². The maximum Gasteiger partial charge on any atom is 0.123 e. The zero-order valence-corrected chi connectivity index (χ0v) is 14.7. The first kappa shape index (κ1) is 15.2. The summed E-state index contributed by atoms with van der Waals surface area (Å²) in [5.74, 6) is -0.277. The Bertz CT molecular complexity index is 795. The monoisotopic (exact) mass is 424 g/mol. The van der Waals surface area contributed by atoms with Crippen LogP contribution in [0.25, 0.3) is 22.5 Å². The van der Waals surface area contributed by atoms with E-state index in [9.17, 15) is 4.39 Å². The maximum absolute atomic E-state index is 13.1. The van der Waals surface area contributed by atoms with Gasteiger partial charge < -0.3 is 4.84 Å². The lowest BCUT2D eigenvalue weighted by Gasteiger charge is -2.04. The van der Waals surface area contributed by atoms with Crippen LogP contribution in [0.4, 0.5) is 4.39 Å². The topological polar surface area (TPSA) is 27.1 Å². The number of benzene rings is 2. The molecule has 0 unspecified atom stereocenters. The second kappa shape index (κ2) is 6.22. The normalized spacial score (nSPS) is 10.7. The van der Waals surface area contributed by atoms with Crippen LogP contribution in [0.15, 0.2) is 57.5 Å². The van der Waals surface area contributed by atoms with E-state index in [-0.39, 0.29) is 5.82 Å². The Balaban J connectivity index is 2.15. The Hall–Kier alpha value is -1.66. The van der Waals surface area contributed by atoms with E-state index in [1.165, 1.54) is 17.0 Å². The molecule has 0 radical (unpaired) electrons. The highest BCUT2D eigenvalue weighted by molar-refractivity contribution is 9.11. The third-order valence-corrected chi connectivity index (χ3v) is 4.53. The lowest BCUT2D eigenvalue weighted by Crippen LogP contribution is -2.09. The number of hydrogen-bond donors (Lipinski definition) is 0. The molecule has 2 aromatic carbocycles. The van der Waals surface area contributed by atoms with Gasteiger partial charge in [0.05, 0.1) is 5.69 Å². The molecule has 0 spiro atoms. The summed E-state index contributed by atoms with van der Waals surface area (Å²) in [5, 5.41) is 4.46. The van der Waals surface area contributed by atoms with E-state index >= 15 is 0 Å². The molecule has 6 heteroatoms. The Morgan fingerprint density at radius 3 is 2.27 bits per heavy atom. The van der Waals surface area contributed by atoms with Gasteiger partial charge in [0.25, 0.3) is 0 Å². The van der Waals surface area contributed by atoms with Crippen LogP contribution in [0, 0.1) is 5.82 Å². The van der Waals surface area contributed by atoms with Crippen molar-refractivity contribution < 1.29 is 9.23 Å². The molecule has 112 valence electrons. The number of aromatic nitrogens is 2. The minimum absolute atomic E-state index is 0.277.